The quantitative estimate of drug-likeness (QED) is 0.336. The molecule has 0 spiro atoms. The van der Waals surface area contributed by atoms with Crippen LogP contribution in [0.3, 0.4) is 0 Å². The Morgan fingerprint density at radius 3 is 2.54 bits per heavy atom. The Balaban J connectivity index is 1.52. The first-order valence-corrected chi connectivity index (χ1v) is 11.7. The number of aromatic amines is 1. The molecule has 9 nitrogen and oxygen atoms in total. The minimum Gasteiger partial charge on any atom is -0.468 e. The number of tetrazole rings is 1. The number of rotatable bonds is 9. The summed E-state index contributed by atoms with van der Waals surface area (Å²) in [6.45, 7) is 7.52. The first-order valence-electron chi connectivity index (χ1n) is 11.7. The topological polar surface area (TPSA) is 106 Å². The molecule has 0 radical (unpaired) electrons. The molecule has 180 valence electrons. The molecule has 0 saturated carbocycles. The van der Waals surface area contributed by atoms with E-state index in [-0.39, 0.29) is 11.6 Å². The Labute approximate surface area is 202 Å². The second-order valence-corrected chi connectivity index (χ2v) is 8.85. The summed E-state index contributed by atoms with van der Waals surface area (Å²) in [5.41, 5.74) is 3.68. The molecule has 1 N–H and O–H groups in total. The van der Waals surface area contributed by atoms with E-state index >= 15 is 0 Å². The molecule has 0 bridgehead atoms. The zero-order valence-corrected chi connectivity index (χ0v) is 20.1. The van der Waals surface area contributed by atoms with Gasteiger partial charge in [-0.2, -0.15) is 0 Å². The van der Waals surface area contributed by atoms with E-state index in [4.69, 9.17) is 8.83 Å². The molecule has 1 atom stereocenters. The molecule has 5 rings (SSSR count). The second-order valence-electron chi connectivity index (χ2n) is 8.85. The molecule has 35 heavy (non-hydrogen) atoms. The van der Waals surface area contributed by atoms with Crippen LogP contribution < -0.4 is 5.56 Å². The van der Waals surface area contributed by atoms with Crippen molar-refractivity contribution in [3.8, 4) is 0 Å². The summed E-state index contributed by atoms with van der Waals surface area (Å²) < 4.78 is 12.9. The van der Waals surface area contributed by atoms with E-state index in [1.165, 1.54) is 0 Å². The third kappa shape index (κ3) is 4.81. The van der Waals surface area contributed by atoms with Crippen molar-refractivity contribution in [2.24, 2.45) is 0 Å². The third-order valence-electron chi connectivity index (χ3n) is 6.27. The Bertz CT molecular complexity index is 1470. The van der Waals surface area contributed by atoms with Crippen molar-refractivity contribution < 1.29 is 8.83 Å². The highest BCUT2D eigenvalue weighted by Crippen LogP contribution is 2.27. The summed E-state index contributed by atoms with van der Waals surface area (Å²) in [7, 11) is 0. The monoisotopic (exact) mass is 472 g/mol. The molecular formula is C26H28N6O3. The highest BCUT2D eigenvalue weighted by atomic mass is 16.3. The molecular weight excluding hydrogens is 444 g/mol. The van der Waals surface area contributed by atoms with Crippen LogP contribution in [-0.2, 0) is 19.6 Å². The molecule has 0 aliphatic heterocycles. The maximum Gasteiger partial charge on any atom is 0.252 e. The van der Waals surface area contributed by atoms with Gasteiger partial charge in [0.05, 0.1) is 25.1 Å². The van der Waals surface area contributed by atoms with Gasteiger partial charge in [0.15, 0.2) is 5.82 Å². The number of hydrogen-bond donors (Lipinski definition) is 1. The van der Waals surface area contributed by atoms with Crippen LogP contribution in [0.15, 0.2) is 68.6 Å². The number of nitrogens with one attached hydrogen (secondary N) is 1. The van der Waals surface area contributed by atoms with Gasteiger partial charge < -0.3 is 13.8 Å². The van der Waals surface area contributed by atoms with Gasteiger partial charge in [0.1, 0.15) is 18.1 Å². The van der Waals surface area contributed by atoms with Gasteiger partial charge in [0.25, 0.3) is 5.56 Å². The summed E-state index contributed by atoms with van der Waals surface area (Å²) in [5, 5.41) is 13.5. The molecule has 1 aromatic carbocycles. The zero-order chi connectivity index (χ0) is 24.4. The molecule has 5 aromatic rings. The van der Waals surface area contributed by atoms with E-state index in [1.807, 2.05) is 43.3 Å². The number of hydrogen-bond acceptors (Lipinski definition) is 7. The van der Waals surface area contributed by atoms with Crippen molar-refractivity contribution >= 4 is 10.9 Å². The predicted molar refractivity (Wildman–Crippen MR) is 131 cm³/mol. The van der Waals surface area contributed by atoms with Crippen LogP contribution in [0.5, 0.6) is 0 Å². The fourth-order valence-corrected chi connectivity index (χ4v) is 4.65. The van der Waals surface area contributed by atoms with Crippen LogP contribution in [0.2, 0.25) is 0 Å². The molecule has 0 saturated heterocycles. The minimum atomic E-state index is -0.153. The highest BCUT2D eigenvalue weighted by Gasteiger charge is 2.27. The SMILES string of the molecule is CCC(c1nnnn1Cc1ccco1)N(Cc1ccco1)Cc1cc2c(C)cc(C)cc2[nH]c1=O. The van der Waals surface area contributed by atoms with Gasteiger partial charge in [-0.3, -0.25) is 9.69 Å². The molecule has 9 heteroatoms. The molecule has 4 heterocycles. The molecule has 0 aliphatic carbocycles. The molecule has 0 fully saturated rings. The second kappa shape index (κ2) is 9.71. The Morgan fingerprint density at radius 1 is 1.06 bits per heavy atom. The van der Waals surface area contributed by atoms with Gasteiger partial charge in [0, 0.05) is 23.0 Å². The number of fused-ring (bicyclic) bond motifs is 1. The standard InChI is InChI=1S/C26H28N6O3/c1-4-24(25-28-29-30-32(25)16-21-8-6-10-35-21)31(15-20-7-5-9-34-20)14-19-13-22-18(3)11-17(2)12-23(22)27-26(19)33/h5-13,24H,4,14-16H2,1-3H3,(H,27,33). The lowest BCUT2D eigenvalue weighted by atomic mass is 10.0. The number of benzene rings is 1. The van der Waals surface area contributed by atoms with E-state index in [2.05, 4.69) is 45.3 Å². The average Bonchev–Trinajstić information content (AvgIpc) is 3.60. The van der Waals surface area contributed by atoms with E-state index in [0.717, 1.165) is 40.0 Å². The number of aromatic nitrogens is 5. The molecule has 0 aliphatic rings. The van der Waals surface area contributed by atoms with Crippen molar-refractivity contribution in [2.75, 3.05) is 0 Å². The number of aryl methyl sites for hydroxylation is 2. The van der Waals surface area contributed by atoms with Crippen molar-refractivity contribution in [3.05, 3.63) is 99.4 Å². The van der Waals surface area contributed by atoms with Gasteiger partial charge in [-0.05, 0) is 78.2 Å². The van der Waals surface area contributed by atoms with Crippen LogP contribution in [0.25, 0.3) is 10.9 Å². The number of furan rings is 2. The minimum absolute atomic E-state index is 0.100. The van der Waals surface area contributed by atoms with Crippen molar-refractivity contribution in [1.82, 2.24) is 30.1 Å². The van der Waals surface area contributed by atoms with E-state index < -0.39 is 0 Å². The van der Waals surface area contributed by atoms with Gasteiger partial charge in [-0.1, -0.05) is 13.0 Å². The molecule has 0 amide bonds. The first-order chi connectivity index (χ1) is 17.0. The van der Waals surface area contributed by atoms with Crippen LogP contribution in [0.4, 0.5) is 0 Å². The molecule has 4 aromatic heterocycles. The lowest BCUT2D eigenvalue weighted by Gasteiger charge is -2.29. The van der Waals surface area contributed by atoms with Gasteiger partial charge in [-0.25, -0.2) is 4.68 Å². The average molecular weight is 473 g/mol. The summed E-state index contributed by atoms with van der Waals surface area (Å²) in [6, 6.07) is 13.5. The summed E-state index contributed by atoms with van der Waals surface area (Å²) in [5.74, 6) is 2.28. The summed E-state index contributed by atoms with van der Waals surface area (Å²) in [4.78, 5) is 18.4. The van der Waals surface area contributed by atoms with Gasteiger partial charge in [0.2, 0.25) is 0 Å². The normalized spacial score (nSPS) is 12.6. The first kappa shape index (κ1) is 22.8. The lowest BCUT2D eigenvalue weighted by molar-refractivity contribution is 0.149. The fourth-order valence-electron chi connectivity index (χ4n) is 4.65. The third-order valence-corrected chi connectivity index (χ3v) is 6.27. The summed E-state index contributed by atoms with van der Waals surface area (Å²) >= 11 is 0. The van der Waals surface area contributed by atoms with E-state index in [0.29, 0.717) is 31.0 Å². The smallest absolute Gasteiger partial charge is 0.252 e. The zero-order valence-electron chi connectivity index (χ0n) is 20.1. The Morgan fingerprint density at radius 2 is 1.83 bits per heavy atom. The Kier molecular flexibility index (Phi) is 6.33. The number of H-pyrrole nitrogens is 1. The van der Waals surface area contributed by atoms with Gasteiger partial charge >= 0.3 is 0 Å². The van der Waals surface area contributed by atoms with Crippen LogP contribution in [-0.4, -0.2) is 30.1 Å². The van der Waals surface area contributed by atoms with Crippen LogP contribution in [0, 0.1) is 13.8 Å². The predicted octanol–water partition coefficient (Wildman–Crippen LogP) is 4.52. The van der Waals surface area contributed by atoms with Crippen LogP contribution >= 0.6 is 0 Å². The molecule has 1 unspecified atom stereocenters. The van der Waals surface area contributed by atoms with Crippen molar-refractivity contribution in [1.29, 1.82) is 0 Å². The number of pyridine rings is 1. The number of nitrogens with zero attached hydrogens (tertiary/aromatic N) is 5. The van der Waals surface area contributed by atoms with E-state index in [1.54, 1.807) is 17.2 Å². The van der Waals surface area contributed by atoms with E-state index in [9.17, 15) is 4.79 Å². The highest BCUT2D eigenvalue weighted by molar-refractivity contribution is 5.83. The van der Waals surface area contributed by atoms with Crippen molar-refractivity contribution in [2.45, 2.75) is 52.9 Å². The van der Waals surface area contributed by atoms with Crippen LogP contribution in [0.1, 0.15) is 53.4 Å². The lowest BCUT2D eigenvalue weighted by Crippen LogP contribution is -2.32. The van der Waals surface area contributed by atoms with Gasteiger partial charge in [-0.15, -0.1) is 5.10 Å². The fraction of sp³-hybridized carbons (Fsp3) is 0.308. The maximum atomic E-state index is 13.1. The maximum absolute atomic E-state index is 13.1. The van der Waals surface area contributed by atoms with Crippen molar-refractivity contribution in [3.63, 3.8) is 0 Å². The Hall–Kier alpha value is -3.98. The largest absolute Gasteiger partial charge is 0.468 e. The summed E-state index contributed by atoms with van der Waals surface area (Å²) in [6.07, 6.45) is 4.03.